The van der Waals surface area contributed by atoms with E-state index in [1.165, 1.54) is 12.8 Å². The Kier molecular flexibility index (Phi) is 3.80. The molecular formula is C12H21NO2S. The Labute approximate surface area is 102 Å². The van der Waals surface area contributed by atoms with E-state index < -0.39 is 11.5 Å². The zero-order valence-corrected chi connectivity index (χ0v) is 10.8. The summed E-state index contributed by atoms with van der Waals surface area (Å²) in [4.78, 5) is 14.0. The van der Waals surface area contributed by atoms with Gasteiger partial charge >= 0.3 is 5.97 Å². The first kappa shape index (κ1) is 12.2. The van der Waals surface area contributed by atoms with Gasteiger partial charge in [0.2, 0.25) is 0 Å². The summed E-state index contributed by atoms with van der Waals surface area (Å²) < 4.78 is 0. The van der Waals surface area contributed by atoms with Crippen molar-refractivity contribution >= 4 is 17.7 Å². The van der Waals surface area contributed by atoms with Gasteiger partial charge < -0.3 is 5.11 Å². The summed E-state index contributed by atoms with van der Waals surface area (Å²) in [5.41, 5.74) is -0.539. The van der Waals surface area contributed by atoms with Crippen LogP contribution < -0.4 is 0 Å². The average molecular weight is 243 g/mol. The van der Waals surface area contributed by atoms with Gasteiger partial charge in [-0.15, -0.1) is 0 Å². The predicted octanol–water partition coefficient (Wildman–Crippen LogP) is 2.21. The second kappa shape index (κ2) is 4.96. The molecule has 2 fully saturated rings. The molecule has 1 atom stereocenters. The van der Waals surface area contributed by atoms with Crippen molar-refractivity contribution in [2.24, 2.45) is 0 Å². The molecule has 1 N–H and O–H groups in total. The topological polar surface area (TPSA) is 40.5 Å². The van der Waals surface area contributed by atoms with Gasteiger partial charge in [-0.05, 0) is 50.2 Å². The highest BCUT2D eigenvalue weighted by Gasteiger charge is 2.48. The minimum atomic E-state index is -0.590. The van der Waals surface area contributed by atoms with E-state index in [9.17, 15) is 9.90 Å². The highest BCUT2D eigenvalue weighted by Crippen LogP contribution is 2.38. The van der Waals surface area contributed by atoms with Crippen molar-refractivity contribution in [3.05, 3.63) is 0 Å². The molecule has 1 unspecified atom stereocenters. The summed E-state index contributed by atoms with van der Waals surface area (Å²) >= 11 is 1.89. The summed E-state index contributed by atoms with van der Waals surface area (Å²) in [6.07, 6.45) is 5.08. The number of carboxylic acid groups (broad SMARTS) is 1. The fourth-order valence-corrected chi connectivity index (χ4v) is 4.32. The third-order valence-electron chi connectivity index (χ3n) is 4.12. The van der Waals surface area contributed by atoms with Crippen LogP contribution in [0.5, 0.6) is 0 Å². The molecule has 0 radical (unpaired) electrons. The second-order valence-corrected chi connectivity index (χ2v) is 6.07. The lowest BCUT2D eigenvalue weighted by molar-refractivity contribution is -0.153. The number of hydrogen-bond donors (Lipinski definition) is 1. The number of rotatable bonds is 3. The largest absolute Gasteiger partial charge is 0.480 e. The van der Waals surface area contributed by atoms with E-state index >= 15 is 0 Å². The predicted molar refractivity (Wildman–Crippen MR) is 66.9 cm³/mol. The van der Waals surface area contributed by atoms with Crippen molar-refractivity contribution in [2.75, 3.05) is 18.1 Å². The molecule has 0 saturated carbocycles. The molecule has 2 saturated heterocycles. The van der Waals surface area contributed by atoms with Gasteiger partial charge in [0.1, 0.15) is 5.54 Å². The maximum atomic E-state index is 11.7. The Morgan fingerprint density at radius 2 is 2.19 bits per heavy atom. The molecule has 0 aliphatic carbocycles. The Morgan fingerprint density at radius 3 is 2.75 bits per heavy atom. The molecule has 16 heavy (non-hydrogen) atoms. The van der Waals surface area contributed by atoms with E-state index in [1.807, 2.05) is 11.8 Å². The van der Waals surface area contributed by atoms with Gasteiger partial charge in [-0.2, -0.15) is 11.8 Å². The van der Waals surface area contributed by atoms with E-state index in [-0.39, 0.29) is 0 Å². The van der Waals surface area contributed by atoms with Gasteiger partial charge in [0.05, 0.1) is 0 Å². The van der Waals surface area contributed by atoms with Crippen LogP contribution in [0.2, 0.25) is 0 Å². The zero-order valence-electron chi connectivity index (χ0n) is 9.95. The molecule has 0 aromatic heterocycles. The fraction of sp³-hybridized carbons (Fsp3) is 0.917. The average Bonchev–Trinajstić information content (AvgIpc) is 2.78. The van der Waals surface area contributed by atoms with Crippen LogP contribution in [0.25, 0.3) is 0 Å². The molecule has 0 spiro atoms. The fourth-order valence-electron chi connectivity index (χ4n) is 3.16. The van der Waals surface area contributed by atoms with Crippen LogP contribution in [0.3, 0.4) is 0 Å². The zero-order chi connectivity index (χ0) is 11.6. The maximum Gasteiger partial charge on any atom is 0.324 e. The first-order valence-electron chi connectivity index (χ1n) is 6.28. The number of aliphatic carboxylic acids is 1. The summed E-state index contributed by atoms with van der Waals surface area (Å²) in [5, 5.41) is 9.61. The molecule has 0 bridgehead atoms. The van der Waals surface area contributed by atoms with Gasteiger partial charge in [0, 0.05) is 6.04 Å². The third-order valence-corrected chi connectivity index (χ3v) is 5.10. The van der Waals surface area contributed by atoms with Gasteiger partial charge in [0.15, 0.2) is 0 Å². The lowest BCUT2D eigenvalue weighted by Crippen LogP contribution is -2.58. The molecule has 3 nitrogen and oxygen atoms in total. The minimum absolute atomic E-state index is 0.499. The molecule has 0 aromatic carbocycles. The van der Waals surface area contributed by atoms with Crippen LogP contribution in [-0.4, -0.2) is 45.6 Å². The maximum absolute atomic E-state index is 11.7. The lowest BCUT2D eigenvalue weighted by Gasteiger charge is -2.43. The molecule has 2 rings (SSSR count). The van der Waals surface area contributed by atoms with Gasteiger partial charge in [-0.1, -0.05) is 6.92 Å². The van der Waals surface area contributed by atoms with E-state index in [4.69, 9.17) is 0 Å². The van der Waals surface area contributed by atoms with Crippen molar-refractivity contribution in [3.8, 4) is 0 Å². The minimum Gasteiger partial charge on any atom is -0.480 e. The molecule has 0 amide bonds. The number of hydrogen-bond acceptors (Lipinski definition) is 3. The van der Waals surface area contributed by atoms with Crippen LogP contribution in [0.15, 0.2) is 0 Å². The third kappa shape index (κ3) is 1.97. The van der Waals surface area contributed by atoms with Crippen LogP contribution in [0.4, 0.5) is 0 Å². The lowest BCUT2D eigenvalue weighted by atomic mass is 9.89. The first-order chi connectivity index (χ1) is 7.70. The highest BCUT2D eigenvalue weighted by molar-refractivity contribution is 7.99. The van der Waals surface area contributed by atoms with Crippen LogP contribution >= 0.6 is 11.8 Å². The summed E-state index contributed by atoms with van der Waals surface area (Å²) in [6.45, 7) is 3.16. The molecule has 2 aliphatic rings. The summed E-state index contributed by atoms with van der Waals surface area (Å²) in [6, 6.07) is 0.499. The van der Waals surface area contributed by atoms with Gasteiger partial charge in [-0.3, -0.25) is 9.69 Å². The van der Waals surface area contributed by atoms with Crippen molar-refractivity contribution in [3.63, 3.8) is 0 Å². The number of carboxylic acids is 1. The first-order valence-corrected chi connectivity index (χ1v) is 7.44. The Balaban J connectivity index is 2.20. The van der Waals surface area contributed by atoms with Crippen LogP contribution in [0.1, 0.15) is 39.0 Å². The SMILES string of the molecule is CCC1CCCN1C1(C(=O)O)CCSCC1. The number of nitrogens with zero attached hydrogens (tertiary/aromatic N) is 1. The van der Waals surface area contributed by atoms with Crippen molar-refractivity contribution in [2.45, 2.75) is 50.6 Å². The van der Waals surface area contributed by atoms with E-state index in [0.29, 0.717) is 6.04 Å². The molecule has 92 valence electrons. The Hall–Kier alpha value is -0.220. The second-order valence-electron chi connectivity index (χ2n) is 4.85. The van der Waals surface area contributed by atoms with E-state index in [2.05, 4.69) is 11.8 Å². The van der Waals surface area contributed by atoms with Crippen LogP contribution in [0, 0.1) is 0 Å². The normalized spacial score (nSPS) is 30.4. The quantitative estimate of drug-likeness (QED) is 0.825. The van der Waals surface area contributed by atoms with Crippen molar-refractivity contribution < 1.29 is 9.90 Å². The van der Waals surface area contributed by atoms with Crippen molar-refractivity contribution in [1.82, 2.24) is 4.90 Å². The standard InChI is InChI=1S/C12H21NO2S/c1-2-10-4-3-7-13(10)12(11(14)15)5-8-16-9-6-12/h10H,2-9H2,1H3,(H,14,15). The van der Waals surface area contributed by atoms with Crippen LogP contribution in [-0.2, 0) is 4.79 Å². The summed E-state index contributed by atoms with van der Waals surface area (Å²) in [5.74, 6) is 1.41. The molecule has 4 heteroatoms. The van der Waals surface area contributed by atoms with E-state index in [0.717, 1.165) is 37.3 Å². The molecule has 0 aromatic rings. The number of thioether (sulfide) groups is 1. The smallest absolute Gasteiger partial charge is 0.324 e. The number of carbonyl (C=O) groups is 1. The van der Waals surface area contributed by atoms with Gasteiger partial charge in [-0.25, -0.2) is 0 Å². The Morgan fingerprint density at radius 1 is 1.50 bits per heavy atom. The molecule has 2 aliphatic heterocycles. The highest BCUT2D eigenvalue weighted by atomic mass is 32.2. The van der Waals surface area contributed by atoms with Crippen molar-refractivity contribution in [1.29, 1.82) is 0 Å². The Bertz CT molecular complexity index is 264. The number of likely N-dealkylation sites (tertiary alicyclic amines) is 1. The molecule has 2 heterocycles. The monoisotopic (exact) mass is 243 g/mol. The summed E-state index contributed by atoms with van der Waals surface area (Å²) in [7, 11) is 0. The van der Waals surface area contributed by atoms with Gasteiger partial charge in [0.25, 0.3) is 0 Å². The van der Waals surface area contributed by atoms with E-state index in [1.54, 1.807) is 0 Å². The molecular weight excluding hydrogens is 222 g/mol.